The van der Waals surface area contributed by atoms with E-state index in [4.69, 9.17) is 37.4 Å². The predicted molar refractivity (Wildman–Crippen MR) is 142 cm³/mol. The van der Waals surface area contributed by atoms with Crippen LogP contribution in [0, 0.1) is 0 Å². The lowest BCUT2D eigenvalue weighted by Crippen LogP contribution is -2.33. The van der Waals surface area contributed by atoms with Crippen LogP contribution in [0.4, 0.5) is 16.2 Å². The smallest absolute Gasteiger partial charge is 0.410 e. The van der Waals surface area contributed by atoms with Crippen molar-refractivity contribution in [1.29, 1.82) is 0 Å². The van der Waals surface area contributed by atoms with Gasteiger partial charge in [-0.1, -0.05) is 23.7 Å². The Balaban J connectivity index is 2.52. The Kier molecular flexibility index (Phi) is 9.84. The number of carbonyl (C=O) groups is 2. The van der Waals surface area contributed by atoms with Gasteiger partial charge in [0.05, 0.1) is 32.4 Å². The Morgan fingerprint density at radius 1 is 1.11 bits per heavy atom. The summed E-state index contributed by atoms with van der Waals surface area (Å²) in [6, 6.07) is 9.04. The van der Waals surface area contributed by atoms with Gasteiger partial charge in [-0.2, -0.15) is 0 Å². The van der Waals surface area contributed by atoms with Crippen molar-refractivity contribution in [2.24, 2.45) is 5.84 Å². The molecule has 1 amide bonds. The molecule has 0 aromatic heterocycles. The second-order valence-corrected chi connectivity index (χ2v) is 9.93. The number of hydrazine groups is 1. The van der Waals surface area contributed by atoms with Gasteiger partial charge >= 0.3 is 12.1 Å². The lowest BCUT2D eigenvalue weighted by Gasteiger charge is -2.26. The first-order valence-electron chi connectivity index (χ1n) is 11.6. The number of hydrogen-bond donors (Lipinski definition) is 2. The number of amides is 1. The molecular formula is C26H37ClN4O5. The van der Waals surface area contributed by atoms with Crippen molar-refractivity contribution >= 4 is 35.0 Å². The summed E-state index contributed by atoms with van der Waals surface area (Å²) in [5, 5.41) is 1.87. The predicted octanol–water partition coefficient (Wildman–Crippen LogP) is 4.69. The number of nitrogens with zero attached hydrogens (tertiary/aromatic N) is 2. The van der Waals surface area contributed by atoms with Crippen LogP contribution in [0.1, 0.15) is 56.7 Å². The quantitative estimate of drug-likeness (QED) is 0.211. The second-order valence-electron chi connectivity index (χ2n) is 9.52. The number of rotatable bonds is 9. The normalized spacial score (nSPS) is 12.0. The van der Waals surface area contributed by atoms with Gasteiger partial charge in [0.1, 0.15) is 17.0 Å². The molecule has 1 atom stereocenters. The van der Waals surface area contributed by atoms with E-state index in [2.05, 4.69) is 0 Å². The minimum absolute atomic E-state index is 0.0667. The molecule has 9 nitrogen and oxygen atoms in total. The number of esters is 1. The van der Waals surface area contributed by atoms with Gasteiger partial charge in [0.2, 0.25) is 0 Å². The first kappa shape index (κ1) is 29.1. The van der Waals surface area contributed by atoms with Crippen LogP contribution in [-0.4, -0.2) is 50.4 Å². The van der Waals surface area contributed by atoms with E-state index in [1.807, 2.05) is 12.1 Å². The Hall–Kier alpha value is -3.17. The average Bonchev–Trinajstić information content (AvgIpc) is 2.77. The highest BCUT2D eigenvalue weighted by molar-refractivity contribution is 6.31. The monoisotopic (exact) mass is 520 g/mol. The molecule has 0 aliphatic carbocycles. The molecule has 0 heterocycles. The number of nitrogen functional groups attached to an aromatic ring is 1. The summed E-state index contributed by atoms with van der Waals surface area (Å²) in [6.45, 7) is 7.66. The van der Waals surface area contributed by atoms with Crippen molar-refractivity contribution in [1.82, 2.24) is 4.90 Å². The number of hydrogen-bond acceptors (Lipinski definition) is 8. The van der Waals surface area contributed by atoms with Gasteiger partial charge in [0.15, 0.2) is 0 Å². The van der Waals surface area contributed by atoms with Crippen molar-refractivity contribution in [2.45, 2.75) is 52.2 Å². The van der Waals surface area contributed by atoms with Crippen LogP contribution in [-0.2, 0) is 20.8 Å². The molecule has 0 radical (unpaired) electrons. The zero-order chi connectivity index (χ0) is 27.2. The highest BCUT2D eigenvalue weighted by atomic mass is 35.5. The highest BCUT2D eigenvalue weighted by Gasteiger charge is 2.25. The molecule has 0 aliphatic rings. The van der Waals surface area contributed by atoms with E-state index in [1.165, 1.54) is 17.0 Å². The number of carbonyl (C=O) groups excluding carboxylic acids is 2. The molecule has 2 aromatic rings. The number of benzene rings is 2. The highest BCUT2D eigenvalue weighted by Crippen LogP contribution is 2.40. The van der Waals surface area contributed by atoms with E-state index in [-0.39, 0.29) is 25.5 Å². The van der Waals surface area contributed by atoms with Gasteiger partial charge in [-0.3, -0.25) is 4.79 Å². The molecule has 0 spiro atoms. The van der Waals surface area contributed by atoms with E-state index >= 15 is 0 Å². The standard InChI is InChI=1S/C26H37ClN4O5/c1-8-35-23(32)14-19(17-12-21(28)24(31(6)29)22(13-17)34-7)16-9-10-20(27)18(11-16)15-30(5)25(33)36-26(2,3)4/h9-13,19H,8,14-15,28-29H2,1-7H3. The van der Waals surface area contributed by atoms with Crippen molar-refractivity contribution in [3.8, 4) is 5.75 Å². The topological polar surface area (TPSA) is 120 Å². The lowest BCUT2D eigenvalue weighted by atomic mass is 9.87. The van der Waals surface area contributed by atoms with Gasteiger partial charge in [0, 0.05) is 25.0 Å². The number of anilines is 2. The van der Waals surface area contributed by atoms with E-state index < -0.39 is 17.6 Å². The summed E-state index contributed by atoms with van der Waals surface area (Å²) in [5.74, 6) is 5.64. The largest absolute Gasteiger partial charge is 0.494 e. The maximum atomic E-state index is 12.6. The van der Waals surface area contributed by atoms with Crippen LogP contribution in [0.2, 0.25) is 5.02 Å². The van der Waals surface area contributed by atoms with E-state index in [1.54, 1.807) is 60.0 Å². The number of halogens is 1. The first-order chi connectivity index (χ1) is 16.8. The maximum absolute atomic E-state index is 12.6. The summed E-state index contributed by atoms with van der Waals surface area (Å²) in [5.41, 5.74) is 8.88. The van der Waals surface area contributed by atoms with Crippen molar-refractivity contribution in [3.63, 3.8) is 0 Å². The van der Waals surface area contributed by atoms with Gasteiger partial charge in [-0.25, -0.2) is 10.6 Å². The molecular weight excluding hydrogens is 484 g/mol. The van der Waals surface area contributed by atoms with Gasteiger partial charge in [0.25, 0.3) is 0 Å². The summed E-state index contributed by atoms with van der Waals surface area (Å²) in [4.78, 5) is 26.5. The molecule has 2 rings (SSSR count). The molecule has 1 unspecified atom stereocenters. The summed E-state index contributed by atoms with van der Waals surface area (Å²) in [6.07, 6.45) is -0.400. The maximum Gasteiger partial charge on any atom is 0.410 e. The van der Waals surface area contributed by atoms with E-state index in [9.17, 15) is 9.59 Å². The lowest BCUT2D eigenvalue weighted by molar-refractivity contribution is -0.143. The van der Waals surface area contributed by atoms with Crippen molar-refractivity contribution < 1.29 is 23.8 Å². The Morgan fingerprint density at radius 3 is 2.33 bits per heavy atom. The zero-order valence-corrected chi connectivity index (χ0v) is 22.8. The summed E-state index contributed by atoms with van der Waals surface area (Å²) < 4.78 is 16.2. The van der Waals surface area contributed by atoms with Crippen LogP contribution >= 0.6 is 11.6 Å². The summed E-state index contributed by atoms with van der Waals surface area (Å²) in [7, 11) is 4.83. The van der Waals surface area contributed by atoms with Crippen LogP contribution < -0.4 is 21.3 Å². The molecule has 0 saturated heterocycles. The van der Waals surface area contributed by atoms with Crippen LogP contribution in [0.25, 0.3) is 0 Å². The van der Waals surface area contributed by atoms with Gasteiger partial charge < -0.3 is 29.9 Å². The molecule has 4 N–H and O–H groups in total. The van der Waals surface area contributed by atoms with Crippen LogP contribution in [0.5, 0.6) is 5.75 Å². The summed E-state index contributed by atoms with van der Waals surface area (Å²) >= 11 is 6.48. The van der Waals surface area contributed by atoms with Gasteiger partial charge in [-0.05, 0) is 62.6 Å². The molecule has 36 heavy (non-hydrogen) atoms. The third-order valence-electron chi connectivity index (χ3n) is 5.36. The SMILES string of the molecule is CCOC(=O)CC(c1ccc(Cl)c(CN(C)C(=O)OC(C)(C)C)c1)c1cc(N)c(N(C)N)c(OC)c1. The van der Waals surface area contributed by atoms with Crippen LogP contribution in [0.15, 0.2) is 30.3 Å². The number of ether oxygens (including phenoxy) is 3. The minimum atomic E-state index is -0.621. The average molecular weight is 521 g/mol. The third kappa shape index (κ3) is 7.66. The zero-order valence-electron chi connectivity index (χ0n) is 22.1. The van der Waals surface area contributed by atoms with E-state index in [0.29, 0.717) is 27.7 Å². The fourth-order valence-corrected chi connectivity index (χ4v) is 3.97. The van der Waals surface area contributed by atoms with E-state index in [0.717, 1.165) is 11.1 Å². The third-order valence-corrected chi connectivity index (χ3v) is 5.73. The number of methoxy groups -OCH3 is 1. The fraction of sp³-hybridized carbons (Fsp3) is 0.462. The minimum Gasteiger partial charge on any atom is -0.494 e. The Morgan fingerprint density at radius 2 is 1.78 bits per heavy atom. The fourth-order valence-electron chi connectivity index (χ4n) is 3.79. The molecule has 198 valence electrons. The second kappa shape index (κ2) is 12.2. The van der Waals surface area contributed by atoms with Crippen molar-refractivity contribution in [3.05, 3.63) is 52.0 Å². The van der Waals surface area contributed by atoms with Crippen LogP contribution in [0.3, 0.4) is 0 Å². The Labute approximate surface area is 218 Å². The molecule has 0 bridgehead atoms. The molecule has 10 heteroatoms. The van der Waals surface area contributed by atoms with Gasteiger partial charge in [-0.15, -0.1) is 0 Å². The molecule has 0 saturated carbocycles. The number of nitrogens with two attached hydrogens (primary N) is 2. The molecule has 0 aliphatic heterocycles. The van der Waals surface area contributed by atoms with Crippen molar-refractivity contribution in [2.75, 3.05) is 38.6 Å². The molecule has 0 fully saturated rings. The first-order valence-corrected chi connectivity index (χ1v) is 12.0. The molecule has 2 aromatic carbocycles. The Bertz CT molecular complexity index is 1080.